The van der Waals surface area contributed by atoms with E-state index >= 15 is 0 Å². The van der Waals surface area contributed by atoms with Gasteiger partial charge in [0.05, 0.1) is 5.30 Å². The number of nitrogens with zero attached hydrogens (tertiary/aromatic N) is 1. The smallest absolute Gasteiger partial charge is 0.410 e. The molecule has 1 atom stereocenters. The molecule has 0 fully saturated rings. The number of amides is 1. The summed E-state index contributed by atoms with van der Waals surface area (Å²) >= 11 is 0. The van der Waals surface area contributed by atoms with Gasteiger partial charge in [0.2, 0.25) is 0 Å². The second-order valence-electron chi connectivity index (χ2n) is 6.59. The van der Waals surface area contributed by atoms with Crippen molar-refractivity contribution in [2.45, 2.75) is 38.8 Å². The maximum Gasteiger partial charge on any atom is 0.410 e. The number of aliphatic carboxylic acids is 1. The predicted octanol–water partition coefficient (Wildman–Crippen LogP) is 0.934. The monoisotopic (exact) mass is 374 g/mol. The van der Waals surface area contributed by atoms with Crippen LogP contribution in [0.15, 0.2) is 18.2 Å². The molecule has 0 radical (unpaired) electrons. The first-order valence-corrected chi connectivity index (χ1v) is 8.96. The molecule has 0 aliphatic carbocycles. The molecule has 0 saturated heterocycles. The fraction of sp³-hybridized carbons (Fsp3) is 0.467. The van der Waals surface area contributed by atoms with E-state index in [2.05, 4.69) is 0 Å². The molecule has 1 aromatic rings. The molecule has 0 aromatic heterocycles. The van der Waals surface area contributed by atoms with Gasteiger partial charge in [-0.05, 0) is 38.5 Å². The SMILES string of the molecule is CN(C(=O)OC(C)(C)C)[C@H](Cc1ccc(P(=O)(O)O)c(N)c1)C(=O)O. The molecule has 0 bridgehead atoms. The Labute approximate surface area is 145 Å². The first-order valence-electron chi connectivity index (χ1n) is 7.35. The van der Waals surface area contributed by atoms with Crippen LogP contribution in [0.3, 0.4) is 0 Å². The number of nitrogens with two attached hydrogens (primary N) is 1. The number of ether oxygens (including phenoxy) is 1. The van der Waals surface area contributed by atoms with Crippen LogP contribution in [-0.2, 0) is 20.5 Å². The number of hydrogen-bond acceptors (Lipinski definition) is 5. The number of carbonyl (C=O) groups is 2. The number of carboxylic acid groups (broad SMARTS) is 1. The van der Waals surface area contributed by atoms with Crippen molar-refractivity contribution in [3.8, 4) is 0 Å². The highest BCUT2D eigenvalue weighted by atomic mass is 31.2. The molecule has 0 saturated carbocycles. The van der Waals surface area contributed by atoms with Crippen molar-refractivity contribution in [2.75, 3.05) is 12.8 Å². The van der Waals surface area contributed by atoms with Crippen LogP contribution in [-0.4, -0.2) is 50.5 Å². The molecule has 1 rings (SSSR count). The summed E-state index contributed by atoms with van der Waals surface area (Å²) in [5, 5.41) is 9.07. The average molecular weight is 374 g/mol. The second-order valence-corrected chi connectivity index (χ2v) is 8.16. The Morgan fingerprint density at radius 3 is 2.28 bits per heavy atom. The van der Waals surface area contributed by atoms with Crippen molar-refractivity contribution in [3.05, 3.63) is 23.8 Å². The third-order valence-electron chi connectivity index (χ3n) is 3.27. The van der Waals surface area contributed by atoms with Crippen LogP contribution >= 0.6 is 7.60 Å². The van der Waals surface area contributed by atoms with Gasteiger partial charge >= 0.3 is 19.7 Å². The minimum atomic E-state index is -4.51. The number of nitrogen functional groups attached to an aromatic ring is 1. The highest BCUT2D eigenvalue weighted by Gasteiger charge is 2.30. The molecule has 0 unspecified atom stereocenters. The maximum absolute atomic E-state index is 12.1. The van der Waals surface area contributed by atoms with Gasteiger partial charge in [0.25, 0.3) is 0 Å². The quantitative estimate of drug-likeness (QED) is 0.439. The molecule has 140 valence electrons. The van der Waals surface area contributed by atoms with Crippen molar-refractivity contribution in [1.29, 1.82) is 0 Å². The van der Waals surface area contributed by atoms with Gasteiger partial charge in [-0.3, -0.25) is 9.46 Å². The van der Waals surface area contributed by atoms with Crippen LogP contribution in [0.4, 0.5) is 10.5 Å². The van der Waals surface area contributed by atoms with Crippen molar-refractivity contribution in [2.24, 2.45) is 0 Å². The third kappa shape index (κ3) is 6.04. The zero-order chi connectivity index (χ0) is 19.6. The van der Waals surface area contributed by atoms with Crippen molar-refractivity contribution in [1.82, 2.24) is 4.90 Å². The van der Waals surface area contributed by atoms with E-state index in [0.29, 0.717) is 5.56 Å². The van der Waals surface area contributed by atoms with Crippen LogP contribution in [0.5, 0.6) is 0 Å². The summed E-state index contributed by atoms with van der Waals surface area (Å²) in [4.78, 5) is 42.9. The van der Waals surface area contributed by atoms with E-state index in [0.717, 1.165) is 11.0 Å². The van der Waals surface area contributed by atoms with Gasteiger partial charge in [0.15, 0.2) is 0 Å². The maximum atomic E-state index is 12.1. The molecule has 1 aromatic carbocycles. The number of hydrogen-bond donors (Lipinski definition) is 4. The lowest BCUT2D eigenvalue weighted by Crippen LogP contribution is -2.46. The molecule has 1 amide bonds. The molecular weight excluding hydrogens is 351 g/mol. The highest BCUT2D eigenvalue weighted by molar-refractivity contribution is 7.60. The summed E-state index contributed by atoms with van der Waals surface area (Å²) in [6.45, 7) is 4.99. The van der Waals surface area contributed by atoms with E-state index in [-0.39, 0.29) is 17.4 Å². The largest absolute Gasteiger partial charge is 0.480 e. The van der Waals surface area contributed by atoms with E-state index < -0.39 is 31.3 Å². The van der Waals surface area contributed by atoms with Gasteiger partial charge in [-0.1, -0.05) is 6.07 Å². The lowest BCUT2D eigenvalue weighted by Gasteiger charge is -2.28. The fourth-order valence-electron chi connectivity index (χ4n) is 2.07. The van der Waals surface area contributed by atoms with Crippen LogP contribution in [0, 0.1) is 0 Å². The van der Waals surface area contributed by atoms with E-state index in [1.54, 1.807) is 20.8 Å². The molecule has 10 heteroatoms. The Hall–Kier alpha value is -2.09. The Balaban J connectivity index is 3.03. The van der Waals surface area contributed by atoms with Crippen molar-refractivity contribution in [3.63, 3.8) is 0 Å². The van der Waals surface area contributed by atoms with Crippen molar-refractivity contribution < 1.29 is 33.8 Å². The number of benzene rings is 1. The molecule has 0 aliphatic rings. The standard InChI is InChI=1S/C15H23N2O7P/c1-15(2,3)24-14(20)17(4)11(13(18)19)8-9-5-6-12(10(16)7-9)25(21,22)23/h5-7,11H,8,16H2,1-4H3,(H,18,19)(H2,21,22,23)/t11-/m1/s1. The average Bonchev–Trinajstić information content (AvgIpc) is 2.40. The first kappa shape index (κ1) is 21.0. The Bertz CT molecular complexity index is 708. The van der Waals surface area contributed by atoms with Crippen molar-refractivity contribution >= 4 is 30.7 Å². The molecule has 5 N–H and O–H groups in total. The first-order chi connectivity index (χ1) is 11.2. The predicted molar refractivity (Wildman–Crippen MR) is 91.7 cm³/mol. The molecule has 0 aliphatic heterocycles. The van der Waals surface area contributed by atoms with Gasteiger partial charge in [0.1, 0.15) is 11.6 Å². The van der Waals surface area contributed by atoms with Crippen LogP contribution in [0.25, 0.3) is 0 Å². The number of carboxylic acids is 1. The fourth-order valence-corrected chi connectivity index (χ4v) is 2.74. The van der Waals surface area contributed by atoms with Gasteiger partial charge in [-0.25, -0.2) is 9.59 Å². The molecule has 0 spiro atoms. The topological polar surface area (TPSA) is 150 Å². The third-order valence-corrected chi connectivity index (χ3v) is 4.30. The van der Waals surface area contributed by atoms with E-state index in [9.17, 15) is 19.3 Å². The molecule has 0 heterocycles. The Morgan fingerprint density at radius 1 is 1.32 bits per heavy atom. The summed E-state index contributed by atoms with van der Waals surface area (Å²) in [7, 11) is -3.21. The minimum Gasteiger partial charge on any atom is -0.480 e. The Morgan fingerprint density at radius 2 is 1.88 bits per heavy atom. The van der Waals surface area contributed by atoms with E-state index in [1.165, 1.54) is 19.2 Å². The summed E-state index contributed by atoms with van der Waals surface area (Å²) in [5.74, 6) is -1.24. The van der Waals surface area contributed by atoms with Gasteiger partial charge in [0, 0.05) is 19.2 Å². The van der Waals surface area contributed by atoms with E-state index in [1.807, 2.05) is 0 Å². The number of anilines is 1. The Kier molecular flexibility index (Phi) is 6.23. The summed E-state index contributed by atoms with van der Waals surface area (Å²) in [6.07, 6.45) is -0.892. The minimum absolute atomic E-state index is 0.100. The normalized spacial score (nSPS) is 13.2. The summed E-state index contributed by atoms with van der Waals surface area (Å²) < 4.78 is 16.4. The number of carbonyl (C=O) groups excluding carboxylic acids is 1. The molecular formula is C15H23N2O7P. The lowest BCUT2D eigenvalue weighted by atomic mass is 10.0. The number of likely N-dealkylation sites (N-methyl/N-ethyl adjacent to an activating group) is 1. The van der Waals surface area contributed by atoms with Crippen LogP contribution < -0.4 is 11.0 Å². The molecule has 25 heavy (non-hydrogen) atoms. The van der Waals surface area contributed by atoms with Gasteiger partial charge in [-0.2, -0.15) is 0 Å². The van der Waals surface area contributed by atoms with Gasteiger partial charge in [-0.15, -0.1) is 0 Å². The lowest BCUT2D eigenvalue weighted by molar-refractivity contribution is -0.142. The van der Waals surface area contributed by atoms with Gasteiger partial charge < -0.3 is 25.4 Å². The zero-order valence-electron chi connectivity index (χ0n) is 14.5. The van der Waals surface area contributed by atoms with Crippen LogP contribution in [0.2, 0.25) is 0 Å². The van der Waals surface area contributed by atoms with Crippen LogP contribution in [0.1, 0.15) is 26.3 Å². The summed E-state index contributed by atoms with van der Waals surface area (Å²) in [6, 6.07) is 2.57. The molecule has 9 nitrogen and oxygen atoms in total. The zero-order valence-corrected chi connectivity index (χ0v) is 15.4. The second kappa shape index (κ2) is 7.43. The highest BCUT2D eigenvalue weighted by Crippen LogP contribution is 2.35. The summed E-state index contributed by atoms with van der Waals surface area (Å²) in [5.41, 5.74) is 5.13. The van der Waals surface area contributed by atoms with E-state index in [4.69, 9.17) is 20.3 Å². The number of rotatable bonds is 5.